The standard InChI is InChI=1S/C13H17FO3/c1-3-10-13(14,12(15)16-4-2)17-11-8-6-5-7-9-11/h5-9H,3-4,10H2,1-2H3. The van der Waals surface area contributed by atoms with Crippen LogP contribution in [0, 0.1) is 0 Å². The summed E-state index contributed by atoms with van der Waals surface area (Å²) in [5, 5.41) is 0. The molecular weight excluding hydrogens is 223 g/mol. The molecule has 94 valence electrons. The van der Waals surface area contributed by atoms with E-state index >= 15 is 0 Å². The Balaban J connectivity index is 2.81. The van der Waals surface area contributed by atoms with Gasteiger partial charge in [-0.25, -0.2) is 4.79 Å². The van der Waals surface area contributed by atoms with E-state index in [1.54, 1.807) is 44.2 Å². The smallest absolute Gasteiger partial charge is 0.384 e. The number of rotatable bonds is 6. The summed E-state index contributed by atoms with van der Waals surface area (Å²) >= 11 is 0. The van der Waals surface area contributed by atoms with Gasteiger partial charge in [-0.05, 0) is 25.5 Å². The van der Waals surface area contributed by atoms with E-state index in [0.717, 1.165) is 0 Å². The number of carbonyl (C=O) groups is 1. The lowest BCUT2D eigenvalue weighted by atomic mass is 10.1. The molecule has 0 saturated carbocycles. The van der Waals surface area contributed by atoms with Gasteiger partial charge in [-0.1, -0.05) is 25.1 Å². The summed E-state index contributed by atoms with van der Waals surface area (Å²) in [6.07, 6.45) is 0.461. The van der Waals surface area contributed by atoms with Gasteiger partial charge in [-0.2, -0.15) is 4.39 Å². The first kappa shape index (κ1) is 13.5. The molecule has 0 amide bonds. The van der Waals surface area contributed by atoms with Crippen molar-refractivity contribution in [2.75, 3.05) is 6.61 Å². The molecule has 1 rings (SSSR count). The highest BCUT2D eigenvalue weighted by Crippen LogP contribution is 2.25. The molecule has 0 N–H and O–H groups in total. The maximum atomic E-state index is 14.4. The van der Waals surface area contributed by atoms with Crippen LogP contribution in [0.2, 0.25) is 0 Å². The predicted molar refractivity (Wildman–Crippen MR) is 62.5 cm³/mol. The van der Waals surface area contributed by atoms with Crippen molar-refractivity contribution in [2.24, 2.45) is 0 Å². The maximum Gasteiger partial charge on any atom is 0.384 e. The van der Waals surface area contributed by atoms with Gasteiger partial charge in [0, 0.05) is 6.42 Å². The third kappa shape index (κ3) is 3.73. The Morgan fingerprint density at radius 1 is 1.29 bits per heavy atom. The third-order valence-corrected chi connectivity index (χ3v) is 2.17. The van der Waals surface area contributed by atoms with Crippen LogP contribution in [0.25, 0.3) is 0 Å². The summed E-state index contributed by atoms with van der Waals surface area (Å²) in [6, 6.07) is 8.42. The van der Waals surface area contributed by atoms with Crippen molar-refractivity contribution in [2.45, 2.75) is 32.5 Å². The normalized spacial score (nSPS) is 13.8. The molecule has 1 unspecified atom stereocenters. The van der Waals surface area contributed by atoms with Crippen LogP contribution < -0.4 is 4.74 Å². The number of alkyl halides is 1. The van der Waals surface area contributed by atoms with E-state index < -0.39 is 11.8 Å². The van der Waals surface area contributed by atoms with Gasteiger partial charge in [0.2, 0.25) is 0 Å². The first-order chi connectivity index (χ1) is 8.12. The molecule has 0 aliphatic carbocycles. The Morgan fingerprint density at radius 3 is 2.47 bits per heavy atom. The van der Waals surface area contributed by atoms with Crippen LogP contribution in [0.5, 0.6) is 5.75 Å². The summed E-state index contributed by atoms with van der Waals surface area (Å²) in [4.78, 5) is 11.5. The lowest BCUT2D eigenvalue weighted by Gasteiger charge is -2.23. The van der Waals surface area contributed by atoms with Gasteiger partial charge in [0.15, 0.2) is 0 Å². The van der Waals surface area contributed by atoms with Crippen molar-refractivity contribution in [3.63, 3.8) is 0 Å². The van der Waals surface area contributed by atoms with E-state index in [9.17, 15) is 9.18 Å². The van der Waals surface area contributed by atoms with Crippen LogP contribution in [-0.4, -0.2) is 18.4 Å². The number of esters is 1. The maximum absolute atomic E-state index is 14.4. The number of benzene rings is 1. The summed E-state index contributed by atoms with van der Waals surface area (Å²) in [6.45, 7) is 3.54. The van der Waals surface area contributed by atoms with Gasteiger partial charge in [0.25, 0.3) is 0 Å². The van der Waals surface area contributed by atoms with E-state index in [-0.39, 0.29) is 13.0 Å². The van der Waals surface area contributed by atoms with Gasteiger partial charge in [-0.3, -0.25) is 0 Å². The van der Waals surface area contributed by atoms with Crippen molar-refractivity contribution in [3.8, 4) is 5.75 Å². The number of ether oxygens (including phenoxy) is 2. The summed E-state index contributed by atoms with van der Waals surface area (Å²) in [5.41, 5.74) is 0. The minimum absolute atomic E-state index is 0.0271. The molecule has 4 heteroatoms. The second-order valence-corrected chi connectivity index (χ2v) is 3.61. The van der Waals surface area contributed by atoms with Crippen molar-refractivity contribution < 1.29 is 18.7 Å². The summed E-state index contributed by atoms with van der Waals surface area (Å²) < 4.78 is 24.2. The van der Waals surface area contributed by atoms with Gasteiger partial charge in [0.05, 0.1) is 6.61 Å². The average molecular weight is 240 g/mol. The number of hydrogen-bond acceptors (Lipinski definition) is 3. The van der Waals surface area contributed by atoms with E-state index in [1.165, 1.54) is 0 Å². The topological polar surface area (TPSA) is 35.5 Å². The highest BCUT2D eigenvalue weighted by molar-refractivity contribution is 5.78. The lowest BCUT2D eigenvalue weighted by molar-refractivity contribution is -0.181. The van der Waals surface area contributed by atoms with Crippen LogP contribution in [-0.2, 0) is 9.53 Å². The molecule has 0 bridgehead atoms. The van der Waals surface area contributed by atoms with E-state index in [0.29, 0.717) is 12.2 Å². The number of carbonyl (C=O) groups excluding carboxylic acids is 1. The van der Waals surface area contributed by atoms with Crippen LogP contribution in [0.3, 0.4) is 0 Å². The lowest BCUT2D eigenvalue weighted by Crippen LogP contribution is -2.41. The van der Waals surface area contributed by atoms with Gasteiger partial charge in [0.1, 0.15) is 5.75 Å². The van der Waals surface area contributed by atoms with E-state index in [4.69, 9.17) is 9.47 Å². The molecule has 0 aromatic heterocycles. The number of halogens is 1. The zero-order valence-electron chi connectivity index (χ0n) is 10.1. The Hall–Kier alpha value is -1.58. The molecule has 1 aromatic carbocycles. The first-order valence-electron chi connectivity index (χ1n) is 5.72. The largest absolute Gasteiger partial charge is 0.461 e. The van der Waals surface area contributed by atoms with Crippen LogP contribution in [0.1, 0.15) is 26.7 Å². The van der Waals surface area contributed by atoms with Crippen molar-refractivity contribution in [3.05, 3.63) is 30.3 Å². The fourth-order valence-corrected chi connectivity index (χ4v) is 1.43. The number of para-hydroxylation sites is 1. The monoisotopic (exact) mass is 240 g/mol. The molecule has 3 nitrogen and oxygen atoms in total. The molecule has 0 aliphatic rings. The predicted octanol–water partition coefficient (Wildman–Crippen LogP) is 3.09. The SMILES string of the molecule is CCCC(F)(Oc1ccccc1)C(=O)OCC. The van der Waals surface area contributed by atoms with E-state index in [2.05, 4.69) is 0 Å². The van der Waals surface area contributed by atoms with E-state index in [1.807, 2.05) is 0 Å². The Morgan fingerprint density at radius 2 is 1.94 bits per heavy atom. The highest BCUT2D eigenvalue weighted by atomic mass is 19.2. The summed E-state index contributed by atoms with van der Waals surface area (Å²) in [7, 11) is 0. The quantitative estimate of drug-likeness (QED) is 0.717. The Labute approximate surface area is 101 Å². The molecule has 0 saturated heterocycles. The zero-order chi connectivity index (χ0) is 12.7. The fourth-order valence-electron chi connectivity index (χ4n) is 1.43. The van der Waals surface area contributed by atoms with Gasteiger partial charge < -0.3 is 9.47 Å². The third-order valence-electron chi connectivity index (χ3n) is 2.17. The minimum atomic E-state index is -2.40. The molecule has 1 aromatic rings. The molecule has 0 spiro atoms. The van der Waals surface area contributed by atoms with Crippen molar-refractivity contribution in [1.82, 2.24) is 0 Å². The Bertz CT molecular complexity index is 353. The molecular formula is C13H17FO3. The number of hydrogen-bond donors (Lipinski definition) is 0. The van der Waals surface area contributed by atoms with Crippen LogP contribution in [0.15, 0.2) is 30.3 Å². The van der Waals surface area contributed by atoms with Gasteiger partial charge in [-0.15, -0.1) is 0 Å². The first-order valence-corrected chi connectivity index (χ1v) is 5.72. The van der Waals surface area contributed by atoms with Crippen molar-refractivity contribution >= 4 is 5.97 Å². The Kier molecular flexibility index (Phi) is 4.94. The fraction of sp³-hybridized carbons (Fsp3) is 0.462. The molecule has 1 atom stereocenters. The van der Waals surface area contributed by atoms with Crippen LogP contribution in [0.4, 0.5) is 4.39 Å². The van der Waals surface area contributed by atoms with Crippen LogP contribution >= 0.6 is 0 Å². The molecule has 17 heavy (non-hydrogen) atoms. The molecule has 0 aliphatic heterocycles. The zero-order valence-corrected chi connectivity index (χ0v) is 10.1. The van der Waals surface area contributed by atoms with Crippen molar-refractivity contribution in [1.29, 1.82) is 0 Å². The molecule has 0 fully saturated rings. The second-order valence-electron chi connectivity index (χ2n) is 3.61. The average Bonchev–Trinajstić information content (AvgIpc) is 2.31. The van der Waals surface area contributed by atoms with Gasteiger partial charge >= 0.3 is 11.8 Å². The summed E-state index contributed by atoms with van der Waals surface area (Å²) in [5.74, 6) is -3.05. The minimum Gasteiger partial charge on any atom is -0.461 e. The molecule has 0 heterocycles. The second kappa shape index (κ2) is 6.23. The highest BCUT2D eigenvalue weighted by Gasteiger charge is 2.42. The molecule has 0 radical (unpaired) electrons.